The monoisotopic (exact) mass is 201 g/mol. The predicted octanol–water partition coefficient (Wildman–Crippen LogP) is 1.22. The second-order valence-electron chi connectivity index (χ2n) is 3.61. The molecule has 0 radical (unpaired) electrons. The fourth-order valence-electron chi connectivity index (χ4n) is 1.15. The van der Waals surface area contributed by atoms with Crippen LogP contribution in [0.15, 0.2) is 18.2 Å². The standard InChI is InChI=1S/C10H13F2NO/c1-10(14,6-13)5-7-2-3-8(11)4-9(7)12/h2-4,14H,5-6,13H2,1H3. The van der Waals surface area contributed by atoms with Gasteiger partial charge in [-0.25, -0.2) is 8.78 Å². The summed E-state index contributed by atoms with van der Waals surface area (Å²) in [5, 5.41) is 9.58. The third-order valence-electron chi connectivity index (χ3n) is 2.03. The molecule has 0 saturated carbocycles. The van der Waals surface area contributed by atoms with E-state index in [1.165, 1.54) is 13.0 Å². The molecule has 4 heteroatoms. The van der Waals surface area contributed by atoms with Crippen LogP contribution in [0, 0.1) is 11.6 Å². The third-order valence-corrected chi connectivity index (χ3v) is 2.03. The lowest BCUT2D eigenvalue weighted by Gasteiger charge is -2.21. The summed E-state index contributed by atoms with van der Waals surface area (Å²) < 4.78 is 25.7. The lowest BCUT2D eigenvalue weighted by atomic mass is 9.96. The van der Waals surface area contributed by atoms with Crippen LogP contribution < -0.4 is 5.73 Å². The average Bonchev–Trinajstić information content (AvgIpc) is 2.10. The Bertz CT molecular complexity index is 326. The molecule has 2 nitrogen and oxygen atoms in total. The van der Waals surface area contributed by atoms with E-state index in [4.69, 9.17) is 5.73 Å². The third kappa shape index (κ3) is 2.75. The first-order chi connectivity index (χ1) is 6.44. The van der Waals surface area contributed by atoms with Gasteiger partial charge < -0.3 is 10.8 Å². The summed E-state index contributed by atoms with van der Waals surface area (Å²) in [5.74, 6) is -1.28. The number of halogens is 2. The fraction of sp³-hybridized carbons (Fsp3) is 0.400. The molecule has 0 aliphatic heterocycles. The Hall–Kier alpha value is -1.00. The number of benzene rings is 1. The van der Waals surface area contributed by atoms with Gasteiger partial charge in [-0.05, 0) is 18.6 Å². The summed E-state index contributed by atoms with van der Waals surface area (Å²) in [5.41, 5.74) is 4.40. The van der Waals surface area contributed by atoms with Crippen molar-refractivity contribution in [3.8, 4) is 0 Å². The van der Waals surface area contributed by atoms with Gasteiger partial charge in [0.2, 0.25) is 0 Å². The van der Waals surface area contributed by atoms with Gasteiger partial charge in [-0.15, -0.1) is 0 Å². The lowest BCUT2D eigenvalue weighted by molar-refractivity contribution is 0.0687. The maximum Gasteiger partial charge on any atom is 0.129 e. The molecular weight excluding hydrogens is 188 g/mol. The van der Waals surface area contributed by atoms with E-state index in [0.29, 0.717) is 0 Å². The minimum atomic E-state index is -1.15. The maximum absolute atomic E-state index is 13.1. The van der Waals surface area contributed by atoms with Crippen LogP contribution in [0.3, 0.4) is 0 Å². The van der Waals surface area contributed by atoms with E-state index >= 15 is 0 Å². The highest BCUT2D eigenvalue weighted by Crippen LogP contribution is 2.16. The van der Waals surface area contributed by atoms with Crippen molar-refractivity contribution >= 4 is 0 Å². The minimum Gasteiger partial charge on any atom is -0.389 e. The van der Waals surface area contributed by atoms with Gasteiger partial charge in [-0.2, -0.15) is 0 Å². The van der Waals surface area contributed by atoms with Gasteiger partial charge >= 0.3 is 0 Å². The molecule has 0 fully saturated rings. The first-order valence-corrected chi connectivity index (χ1v) is 4.31. The number of rotatable bonds is 3. The van der Waals surface area contributed by atoms with Gasteiger partial charge in [0.15, 0.2) is 0 Å². The summed E-state index contributed by atoms with van der Waals surface area (Å²) in [6.45, 7) is 1.54. The summed E-state index contributed by atoms with van der Waals surface area (Å²) >= 11 is 0. The first kappa shape index (κ1) is 11.1. The van der Waals surface area contributed by atoms with Crippen molar-refractivity contribution in [2.45, 2.75) is 18.9 Å². The fourth-order valence-corrected chi connectivity index (χ4v) is 1.15. The molecule has 0 heterocycles. The zero-order chi connectivity index (χ0) is 10.8. The molecular formula is C10H13F2NO. The molecule has 1 aromatic carbocycles. The van der Waals surface area contributed by atoms with Crippen molar-refractivity contribution in [1.29, 1.82) is 0 Å². The van der Waals surface area contributed by atoms with E-state index in [-0.39, 0.29) is 18.5 Å². The number of aliphatic hydroxyl groups is 1. The normalized spacial score (nSPS) is 15.2. The molecule has 0 aliphatic carbocycles. The van der Waals surface area contributed by atoms with Crippen LogP contribution in [0.4, 0.5) is 8.78 Å². The Kier molecular flexibility index (Phi) is 3.18. The van der Waals surface area contributed by atoms with E-state index in [1.807, 2.05) is 0 Å². The van der Waals surface area contributed by atoms with E-state index in [0.717, 1.165) is 12.1 Å². The maximum atomic E-state index is 13.1. The molecule has 0 bridgehead atoms. The Labute approximate surface area is 81.4 Å². The van der Waals surface area contributed by atoms with Crippen LogP contribution >= 0.6 is 0 Å². The summed E-state index contributed by atoms with van der Waals surface area (Å²) in [4.78, 5) is 0. The second-order valence-corrected chi connectivity index (χ2v) is 3.61. The van der Waals surface area contributed by atoms with Crippen LogP contribution in [-0.2, 0) is 6.42 Å². The van der Waals surface area contributed by atoms with Crippen LogP contribution in [0.2, 0.25) is 0 Å². The molecule has 0 saturated heterocycles. The molecule has 1 atom stereocenters. The molecule has 0 aliphatic rings. The summed E-state index contributed by atoms with van der Waals surface area (Å²) in [6.07, 6.45) is 0.0790. The highest BCUT2D eigenvalue weighted by atomic mass is 19.1. The van der Waals surface area contributed by atoms with Crippen LogP contribution in [0.25, 0.3) is 0 Å². The number of hydrogen-bond acceptors (Lipinski definition) is 2. The van der Waals surface area contributed by atoms with Crippen LogP contribution in [0.5, 0.6) is 0 Å². The number of hydrogen-bond donors (Lipinski definition) is 2. The number of nitrogens with two attached hydrogens (primary N) is 1. The van der Waals surface area contributed by atoms with Crippen LogP contribution in [0.1, 0.15) is 12.5 Å². The Morgan fingerprint density at radius 2 is 2.07 bits per heavy atom. The van der Waals surface area contributed by atoms with E-state index in [9.17, 15) is 13.9 Å². The topological polar surface area (TPSA) is 46.2 Å². The van der Waals surface area contributed by atoms with Crippen molar-refractivity contribution in [3.05, 3.63) is 35.4 Å². The molecule has 1 aromatic rings. The Balaban J connectivity index is 2.87. The van der Waals surface area contributed by atoms with Crippen molar-refractivity contribution in [3.63, 3.8) is 0 Å². The highest BCUT2D eigenvalue weighted by Gasteiger charge is 2.20. The van der Waals surface area contributed by atoms with E-state index < -0.39 is 17.2 Å². The minimum absolute atomic E-state index is 0.0316. The van der Waals surface area contributed by atoms with Gasteiger partial charge in [0, 0.05) is 19.0 Å². The van der Waals surface area contributed by atoms with Crippen molar-refractivity contribution < 1.29 is 13.9 Å². The van der Waals surface area contributed by atoms with Crippen molar-refractivity contribution in [2.75, 3.05) is 6.54 Å². The molecule has 1 rings (SSSR count). The largest absolute Gasteiger partial charge is 0.389 e. The zero-order valence-corrected chi connectivity index (χ0v) is 7.93. The molecule has 78 valence electrons. The van der Waals surface area contributed by atoms with Gasteiger partial charge in [0.25, 0.3) is 0 Å². The van der Waals surface area contributed by atoms with E-state index in [2.05, 4.69) is 0 Å². The van der Waals surface area contributed by atoms with Gasteiger partial charge in [-0.1, -0.05) is 6.07 Å². The summed E-state index contributed by atoms with van der Waals surface area (Å²) in [7, 11) is 0. The first-order valence-electron chi connectivity index (χ1n) is 4.31. The van der Waals surface area contributed by atoms with Crippen LogP contribution in [-0.4, -0.2) is 17.3 Å². The molecule has 0 spiro atoms. The average molecular weight is 201 g/mol. The molecule has 3 N–H and O–H groups in total. The van der Waals surface area contributed by atoms with Gasteiger partial charge in [0.05, 0.1) is 5.60 Å². The van der Waals surface area contributed by atoms with Crippen molar-refractivity contribution in [1.82, 2.24) is 0 Å². The SMILES string of the molecule is CC(O)(CN)Cc1ccc(F)cc1F. The van der Waals surface area contributed by atoms with E-state index in [1.54, 1.807) is 0 Å². The smallest absolute Gasteiger partial charge is 0.129 e. The quantitative estimate of drug-likeness (QED) is 0.772. The molecule has 0 aromatic heterocycles. The Morgan fingerprint density at radius 3 is 2.57 bits per heavy atom. The summed E-state index contributed by atoms with van der Waals surface area (Å²) in [6, 6.07) is 3.27. The predicted molar refractivity (Wildman–Crippen MR) is 49.7 cm³/mol. The van der Waals surface area contributed by atoms with Crippen molar-refractivity contribution in [2.24, 2.45) is 5.73 Å². The van der Waals surface area contributed by atoms with Gasteiger partial charge in [-0.3, -0.25) is 0 Å². The second kappa shape index (κ2) is 4.02. The zero-order valence-electron chi connectivity index (χ0n) is 7.93. The van der Waals surface area contributed by atoms with Gasteiger partial charge in [0.1, 0.15) is 11.6 Å². The highest BCUT2D eigenvalue weighted by molar-refractivity contribution is 5.20. The lowest BCUT2D eigenvalue weighted by Crippen LogP contribution is -2.36. The molecule has 1 unspecified atom stereocenters. The molecule has 14 heavy (non-hydrogen) atoms. The Morgan fingerprint density at radius 1 is 1.43 bits per heavy atom. The molecule has 0 amide bonds.